The minimum Gasteiger partial charge on any atom is -0.257 e. The van der Waals surface area contributed by atoms with Crippen LogP contribution in [0, 0.1) is 0 Å². The zero-order valence-electron chi connectivity index (χ0n) is 10.0. The summed E-state index contributed by atoms with van der Waals surface area (Å²) >= 11 is 1.74. The zero-order chi connectivity index (χ0) is 11.0. The van der Waals surface area contributed by atoms with Crippen LogP contribution in [0.2, 0.25) is 5.31 Å². The van der Waals surface area contributed by atoms with Crippen LogP contribution >= 0.6 is 11.3 Å². The van der Waals surface area contributed by atoms with Gasteiger partial charge in [-0.25, -0.2) is 0 Å². The quantitative estimate of drug-likeness (QED) is 0.646. The summed E-state index contributed by atoms with van der Waals surface area (Å²) in [7, 11) is 2.23. The van der Waals surface area contributed by atoms with Crippen LogP contribution < -0.4 is 4.91 Å². The number of nitrogens with zero attached hydrogens (tertiary/aromatic N) is 1. The minimum atomic E-state index is 0.167. The number of hydrogen-bond acceptors (Lipinski definition) is 2. The standard InChI is InChI=1S/C11H19BNS/c1-10(2,3)8-7-14-9(13-8)12-11(4,5)6/h7H,1-6H3. The molecule has 0 unspecified atom stereocenters. The summed E-state index contributed by atoms with van der Waals surface area (Å²) in [6.07, 6.45) is 0. The molecule has 0 aliphatic heterocycles. The van der Waals surface area contributed by atoms with Crippen LogP contribution in [0.15, 0.2) is 5.38 Å². The molecule has 0 fully saturated rings. The second-order valence-corrected chi connectivity index (χ2v) is 6.72. The van der Waals surface area contributed by atoms with Gasteiger partial charge in [-0.15, -0.1) is 11.3 Å². The molecule has 1 aromatic rings. The van der Waals surface area contributed by atoms with E-state index in [4.69, 9.17) is 0 Å². The second kappa shape index (κ2) is 3.69. The Morgan fingerprint density at radius 1 is 1.14 bits per heavy atom. The monoisotopic (exact) mass is 208 g/mol. The van der Waals surface area contributed by atoms with E-state index in [1.54, 1.807) is 11.3 Å². The normalized spacial score (nSPS) is 13.0. The summed E-state index contributed by atoms with van der Waals surface area (Å²) in [4.78, 5) is 5.77. The molecule has 0 saturated carbocycles. The average molecular weight is 208 g/mol. The van der Waals surface area contributed by atoms with E-state index in [1.807, 2.05) is 0 Å². The summed E-state index contributed by atoms with van der Waals surface area (Å²) in [6.45, 7) is 13.2. The van der Waals surface area contributed by atoms with Crippen LogP contribution in [-0.2, 0) is 5.41 Å². The molecule has 3 heteroatoms. The van der Waals surface area contributed by atoms with Crippen molar-refractivity contribution in [3.8, 4) is 0 Å². The van der Waals surface area contributed by atoms with E-state index in [1.165, 1.54) is 5.69 Å². The molecule has 0 saturated heterocycles. The maximum Gasteiger partial charge on any atom is 0.198 e. The summed E-state index contributed by atoms with van der Waals surface area (Å²) < 4.78 is 0. The summed E-state index contributed by atoms with van der Waals surface area (Å²) in [6, 6.07) is 0. The van der Waals surface area contributed by atoms with E-state index in [2.05, 4.69) is 59.2 Å². The van der Waals surface area contributed by atoms with Gasteiger partial charge in [-0.3, -0.25) is 4.98 Å². The topological polar surface area (TPSA) is 12.9 Å². The number of aromatic nitrogens is 1. The Kier molecular flexibility index (Phi) is 3.10. The van der Waals surface area contributed by atoms with Crippen LogP contribution in [0.1, 0.15) is 47.2 Å². The van der Waals surface area contributed by atoms with Crippen molar-refractivity contribution >= 4 is 23.5 Å². The Hall–Kier alpha value is -0.305. The van der Waals surface area contributed by atoms with Gasteiger partial charge in [0.25, 0.3) is 0 Å². The first-order valence-corrected chi connectivity index (χ1v) is 5.88. The SMILES string of the molecule is CC(C)(C)[B]c1nc(C(C)(C)C)cs1. The molecule has 0 bridgehead atoms. The lowest BCUT2D eigenvalue weighted by molar-refractivity contribution is 0.574. The lowest BCUT2D eigenvalue weighted by Gasteiger charge is -2.16. The fourth-order valence-corrected chi connectivity index (χ4v) is 2.28. The highest BCUT2D eigenvalue weighted by Crippen LogP contribution is 2.23. The van der Waals surface area contributed by atoms with E-state index >= 15 is 0 Å². The molecule has 0 atom stereocenters. The Labute approximate surface area is 92.2 Å². The lowest BCUT2D eigenvalue weighted by Crippen LogP contribution is -2.24. The van der Waals surface area contributed by atoms with Gasteiger partial charge in [0, 0.05) is 15.7 Å². The van der Waals surface area contributed by atoms with Crippen molar-refractivity contribution in [2.45, 2.75) is 52.3 Å². The third-order valence-corrected chi connectivity index (χ3v) is 2.64. The first kappa shape index (κ1) is 11.8. The molecule has 0 aliphatic carbocycles. The minimum absolute atomic E-state index is 0.167. The molecule has 14 heavy (non-hydrogen) atoms. The van der Waals surface area contributed by atoms with E-state index in [0.29, 0.717) is 0 Å². The molecule has 0 amide bonds. The van der Waals surface area contributed by atoms with Crippen molar-refractivity contribution in [3.05, 3.63) is 11.1 Å². The summed E-state index contributed by atoms with van der Waals surface area (Å²) in [5, 5.41) is 2.38. The van der Waals surface area contributed by atoms with Gasteiger partial charge in [0.2, 0.25) is 0 Å². The zero-order valence-corrected chi connectivity index (χ0v) is 10.8. The molecule has 1 aromatic heterocycles. The Morgan fingerprint density at radius 2 is 1.71 bits per heavy atom. The first-order valence-electron chi connectivity index (χ1n) is 5.00. The highest BCUT2D eigenvalue weighted by Gasteiger charge is 2.20. The Morgan fingerprint density at radius 3 is 2.07 bits per heavy atom. The van der Waals surface area contributed by atoms with E-state index < -0.39 is 0 Å². The van der Waals surface area contributed by atoms with E-state index in [-0.39, 0.29) is 10.7 Å². The molecule has 0 aliphatic rings. The Balaban J connectivity index is 2.79. The van der Waals surface area contributed by atoms with Gasteiger partial charge in [-0.05, 0) is 0 Å². The van der Waals surface area contributed by atoms with Crippen LogP contribution in [0.3, 0.4) is 0 Å². The predicted octanol–water partition coefficient (Wildman–Crippen LogP) is 2.99. The van der Waals surface area contributed by atoms with Crippen LogP contribution in [0.5, 0.6) is 0 Å². The van der Waals surface area contributed by atoms with Crippen LogP contribution in [-0.4, -0.2) is 12.3 Å². The van der Waals surface area contributed by atoms with Gasteiger partial charge in [-0.2, -0.15) is 0 Å². The van der Waals surface area contributed by atoms with Gasteiger partial charge < -0.3 is 0 Å². The second-order valence-electron chi connectivity index (χ2n) is 5.83. The Bertz CT molecular complexity index is 304. The highest BCUT2D eigenvalue weighted by atomic mass is 32.1. The molecule has 1 radical (unpaired) electrons. The third-order valence-electron chi connectivity index (χ3n) is 1.85. The van der Waals surface area contributed by atoms with Crippen molar-refractivity contribution in [3.63, 3.8) is 0 Å². The van der Waals surface area contributed by atoms with Gasteiger partial charge in [-0.1, -0.05) is 46.9 Å². The molecule has 0 aromatic carbocycles. The van der Waals surface area contributed by atoms with Gasteiger partial charge >= 0.3 is 0 Å². The number of thiazole rings is 1. The summed E-state index contributed by atoms with van der Waals surface area (Å²) in [5.74, 6) is 0. The van der Waals surface area contributed by atoms with Crippen molar-refractivity contribution in [1.29, 1.82) is 0 Å². The third kappa shape index (κ3) is 3.45. The van der Waals surface area contributed by atoms with Gasteiger partial charge in [0.15, 0.2) is 7.28 Å². The number of hydrogen-bond donors (Lipinski definition) is 0. The van der Waals surface area contributed by atoms with Crippen molar-refractivity contribution in [1.82, 2.24) is 4.98 Å². The van der Waals surface area contributed by atoms with Crippen molar-refractivity contribution in [2.24, 2.45) is 0 Å². The maximum absolute atomic E-state index is 4.63. The highest BCUT2D eigenvalue weighted by molar-refractivity contribution is 7.19. The maximum atomic E-state index is 4.63. The molecule has 77 valence electrons. The van der Waals surface area contributed by atoms with Gasteiger partial charge in [0.05, 0.1) is 5.69 Å². The van der Waals surface area contributed by atoms with Crippen LogP contribution in [0.4, 0.5) is 0 Å². The summed E-state index contributed by atoms with van der Waals surface area (Å²) in [5.41, 5.74) is 1.36. The largest absolute Gasteiger partial charge is 0.257 e. The van der Waals surface area contributed by atoms with Crippen molar-refractivity contribution < 1.29 is 0 Å². The fraction of sp³-hybridized carbons (Fsp3) is 0.727. The smallest absolute Gasteiger partial charge is 0.198 e. The molecular formula is C11H19BNS. The number of rotatable bonds is 1. The average Bonchev–Trinajstić information content (AvgIpc) is 2.29. The van der Waals surface area contributed by atoms with Gasteiger partial charge in [0.1, 0.15) is 0 Å². The molecule has 1 nitrogen and oxygen atoms in total. The fourth-order valence-electron chi connectivity index (χ4n) is 1.07. The van der Waals surface area contributed by atoms with E-state index in [0.717, 1.165) is 4.91 Å². The van der Waals surface area contributed by atoms with Crippen molar-refractivity contribution in [2.75, 3.05) is 0 Å². The molecule has 1 rings (SSSR count). The first-order chi connectivity index (χ1) is 6.18. The van der Waals surface area contributed by atoms with Crippen LogP contribution in [0.25, 0.3) is 0 Å². The lowest BCUT2D eigenvalue weighted by atomic mass is 9.56. The van der Waals surface area contributed by atoms with E-state index in [9.17, 15) is 0 Å². The molecule has 1 heterocycles. The molecule has 0 N–H and O–H groups in total. The molecular weight excluding hydrogens is 189 g/mol. The predicted molar refractivity (Wildman–Crippen MR) is 65.9 cm³/mol. The molecule has 0 spiro atoms.